The van der Waals surface area contributed by atoms with Crippen LogP contribution in [0.5, 0.6) is 5.75 Å². The highest BCUT2D eigenvalue weighted by Crippen LogP contribution is 2.40. The van der Waals surface area contributed by atoms with Crippen molar-refractivity contribution in [2.75, 3.05) is 13.1 Å². The zero-order chi connectivity index (χ0) is 18.9. The van der Waals surface area contributed by atoms with Crippen molar-refractivity contribution in [3.63, 3.8) is 0 Å². The third kappa shape index (κ3) is 3.62. The quantitative estimate of drug-likeness (QED) is 0.756. The highest BCUT2D eigenvalue weighted by atomic mass is 16.3. The van der Waals surface area contributed by atoms with Gasteiger partial charge in [0.1, 0.15) is 11.6 Å². The second-order valence-electron chi connectivity index (χ2n) is 7.77. The summed E-state index contributed by atoms with van der Waals surface area (Å²) in [4.78, 5) is 16.9. The van der Waals surface area contributed by atoms with E-state index in [9.17, 15) is 5.11 Å². The molecule has 3 heterocycles. The molecule has 28 heavy (non-hydrogen) atoms. The van der Waals surface area contributed by atoms with Crippen molar-refractivity contribution in [2.45, 2.75) is 38.1 Å². The Kier molecular flexibility index (Phi) is 4.53. The lowest BCUT2D eigenvalue weighted by Gasteiger charge is -2.18. The fraction of sp³-hybridized carbons (Fsp3) is 0.348. The Balaban J connectivity index is 1.46. The fourth-order valence-electron chi connectivity index (χ4n) is 3.93. The van der Waals surface area contributed by atoms with Crippen LogP contribution in [-0.4, -0.2) is 38.0 Å². The smallest absolute Gasteiger partial charge is 0.132 e. The first-order chi connectivity index (χ1) is 13.8. The SMILES string of the molecule is Oc1ccc(-c2nc(C3CC3)nc3c2CCN(Cc2ccccn2)CC3)cc1. The van der Waals surface area contributed by atoms with Crippen LogP contribution < -0.4 is 0 Å². The Morgan fingerprint density at radius 2 is 1.79 bits per heavy atom. The standard InChI is InChI=1S/C23H24N4O/c28-19-8-6-16(7-9-19)22-20-10-13-27(15-18-3-1-2-12-24-18)14-11-21(20)25-23(26-22)17-4-5-17/h1-3,6-9,12,17,28H,4-5,10-11,13-15H2. The Morgan fingerprint density at radius 3 is 2.54 bits per heavy atom. The number of benzene rings is 1. The fourth-order valence-corrected chi connectivity index (χ4v) is 3.93. The number of nitrogens with zero attached hydrogens (tertiary/aromatic N) is 4. The molecule has 5 rings (SSSR count). The zero-order valence-electron chi connectivity index (χ0n) is 15.9. The number of rotatable bonds is 4. The molecule has 0 radical (unpaired) electrons. The van der Waals surface area contributed by atoms with Gasteiger partial charge in [-0.05, 0) is 55.7 Å². The van der Waals surface area contributed by atoms with Gasteiger partial charge in [-0.3, -0.25) is 9.88 Å². The van der Waals surface area contributed by atoms with E-state index in [2.05, 4.69) is 16.0 Å². The topological polar surface area (TPSA) is 62.1 Å². The minimum Gasteiger partial charge on any atom is -0.508 e. The molecule has 2 aliphatic rings. The summed E-state index contributed by atoms with van der Waals surface area (Å²) in [5.74, 6) is 1.81. The molecule has 2 aromatic heterocycles. The largest absolute Gasteiger partial charge is 0.508 e. The van der Waals surface area contributed by atoms with E-state index < -0.39 is 0 Å². The molecule has 3 aromatic rings. The number of phenolic OH excluding ortho intramolecular Hbond substituents is 1. The van der Waals surface area contributed by atoms with Crippen LogP contribution in [0.4, 0.5) is 0 Å². The average Bonchev–Trinajstić information content (AvgIpc) is 3.57. The van der Waals surface area contributed by atoms with Gasteiger partial charge in [-0.25, -0.2) is 9.97 Å². The third-order valence-electron chi connectivity index (χ3n) is 5.65. The van der Waals surface area contributed by atoms with Crippen molar-refractivity contribution in [1.29, 1.82) is 0 Å². The van der Waals surface area contributed by atoms with E-state index in [0.29, 0.717) is 5.92 Å². The summed E-state index contributed by atoms with van der Waals surface area (Å²) in [6, 6.07) is 13.5. The van der Waals surface area contributed by atoms with Crippen molar-refractivity contribution >= 4 is 0 Å². The van der Waals surface area contributed by atoms with Crippen LogP contribution in [0.2, 0.25) is 0 Å². The molecule has 0 spiro atoms. The van der Waals surface area contributed by atoms with Gasteiger partial charge in [0.25, 0.3) is 0 Å². The molecule has 0 atom stereocenters. The molecule has 1 aliphatic carbocycles. The number of phenols is 1. The molecule has 0 saturated heterocycles. The molecular formula is C23H24N4O. The van der Waals surface area contributed by atoms with Gasteiger partial charge < -0.3 is 5.11 Å². The maximum atomic E-state index is 9.67. The maximum absolute atomic E-state index is 9.67. The Bertz CT molecular complexity index is 968. The Labute approximate surface area is 165 Å². The summed E-state index contributed by atoms with van der Waals surface area (Å²) < 4.78 is 0. The van der Waals surface area contributed by atoms with Crippen LogP contribution in [0.3, 0.4) is 0 Å². The van der Waals surface area contributed by atoms with E-state index in [1.807, 2.05) is 30.5 Å². The molecule has 1 fully saturated rings. The molecule has 142 valence electrons. The molecular weight excluding hydrogens is 348 g/mol. The monoisotopic (exact) mass is 372 g/mol. The van der Waals surface area contributed by atoms with E-state index in [4.69, 9.17) is 9.97 Å². The minimum absolute atomic E-state index is 0.285. The van der Waals surface area contributed by atoms with Gasteiger partial charge in [-0.1, -0.05) is 6.07 Å². The number of pyridine rings is 1. The Hall–Kier alpha value is -2.79. The third-order valence-corrected chi connectivity index (χ3v) is 5.65. The molecule has 0 amide bonds. The first-order valence-electron chi connectivity index (χ1n) is 10.1. The predicted octanol–water partition coefficient (Wildman–Crippen LogP) is 3.72. The summed E-state index contributed by atoms with van der Waals surface area (Å²) in [7, 11) is 0. The van der Waals surface area contributed by atoms with Gasteiger partial charge in [0.05, 0.1) is 11.4 Å². The molecule has 1 aromatic carbocycles. The van der Waals surface area contributed by atoms with Gasteiger partial charge in [-0.15, -0.1) is 0 Å². The number of fused-ring (bicyclic) bond motifs is 1. The lowest BCUT2D eigenvalue weighted by Crippen LogP contribution is -2.26. The number of aromatic hydroxyl groups is 1. The maximum Gasteiger partial charge on any atom is 0.132 e. The molecule has 1 aliphatic heterocycles. The second kappa shape index (κ2) is 7.32. The van der Waals surface area contributed by atoms with E-state index in [1.165, 1.54) is 24.1 Å². The van der Waals surface area contributed by atoms with Crippen LogP contribution in [0.15, 0.2) is 48.7 Å². The van der Waals surface area contributed by atoms with Crippen LogP contribution in [0, 0.1) is 0 Å². The summed E-state index contributed by atoms with van der Waals surface area (Å²) in [6.07, 6.45) is 6.12. The highest BCUT2D eigenvalue weighted by Gasteiger charge is 2.29. The molecule has 1 saturated carbocycles. The van der Waals surface area contributed by atoms with Crippen LogP contribution in [0.25, 0.3) is 11.3 Å². The molecule has 1 N–H and O–H groups in total. The normalized spacial score (nSPS) is 17.1. The molecule has 5 nitrogen and oxygen atoms in total. The van der Waals surface area contributed by atoms with E-state index >= 15 is 0 Å². The first kappa shape index (κ1) is 17.3. The number of hydrogen-bond donors (Lipinski definition) is 1. The first-order valence-corrected chi connectivity index (χ1v) is 10.1. The van der Waals surface area contributed by atoms with Crippen LogP contribution in [0.1, 0.15) is 41.5 Å². The van der Waals surface area contributed by atoms with E-state index in [0.717, 1.165) is 55.3 Å². The van der Waals surface area contributed by atoms with Gasteiger partial charge in [0.2, 0.25) is 0 Å². The van der Waals surface area contributed by atoms with Gasteiger partial charge in [0.15, 0.2) is 0 Å². The predicted molar refractivity (Wildman–Crippen MR) is 108 cm³/mol. The lowest BCUT2D eigenvalue weighted by molar-refractivity contribution is 0.275. The lowest BCUT2D eigenvalue weighted by atomic mass is 10.0. The second-order valence-corrected chi connectivity index (χ2v) is 7.77. The summed E-state index contributed by atoms with van der Waals surface area (Å²) >= 11 is 0. The zero-order valence-corrected chi connectivity index (χ0v) is 15.9. The van der Waals surface area contributed by atoms with Crippen molar-refractivity contribution < 1.29 is 5.11 Å². The highest BCUT2D eigenvalue weighted by molar-refractivity contribution is 5.65. The van der Waals surface area contributed by atoms with Crippen molar-refractivity contribution in [1.82, 2.24) is 19.9 Å². The van der Waals surface area contributed by atoms with Gasteiger partial charge in [-0.2, -0.15) is 0 Å². The van der Waals surface area contributed by atoms with E-state index in [-0.39, 0.29) is 5.75 Å². The van der Waals surface area contributed by atoms with Crippen molar-refractivity contribution in [2.24, 2.45) is 0 Å². The molecule has 0 bridgehead atoms. The summed E-state index contributed by atoms with van der Waals surface area (Å²) in [5.41, 5.74) is 5.68. The van der Waals surface area contributed by atoms with Gasteiger partial charge in [0, 0.05) is 55.0 Å². The molecule has 0 unspecified atom stereocenters. The average molecular weight is 372 g/mol. The van der Waals surface area contributed by atoms with Crippen LogP contribution in [-0.2, 0) is 19.4 Å². The summed E-state index contributed by atoms with van der Waals surface area (Å²) in [5, 5.41) is 9.67. The van der Waals surface area contributed by atoms with Crippen molar-refractivity contribution in [3.05, 3.63) is 71.4 Å². The van der Waals surface area contributed by atoms with E-state index in [1.54, 1.807) is 12.1 Å². The summed E-state index contributed by atoms with van der Waals surface area (Å²) in [6.45, 7) is 2.83. The van der Waals surface area contributed by atoms with Gasteiger partial charge >= 0.3 is 0 Å². The minimum atomic E-state index is 0.285. The van der Waals surface area contributed by atoms with Crippen LogP contribution >= 0.6 is 0 Å². The number of aromatic nitrogens is 3. The Morgan fingerprint density at radius 1 is 0.964 bits per heavy atom. The molecule has 5 heteroatoms. The van der Waals surface area contributed by atoms with Crippen molar-refractivity contribution in [3.8, 4) is 17.0 Å². The number of hydrogen-bond acceptors (Lipinski definition) is 5.